The smallest absolute Gasteiger partial charge is 0.409 e. The Bertz CT molecular complexity index is 1230. The molecule has 0 spiro atoms. The topological polar surface area (TPSA) is 111 Å². The van der Waals surface area contributed by atoms with Crippen molar-refractivity contribution in [2.45, 2.75) is 62.3 Å². The molecule has 10 nitrogen and oxygen atoms in total. The summed E-state index contributed by atoms with van der Waals surface area (Å²) >= 11 is 0. The summed E-state index contributed by atoms with van der Waals surface area (Å²) in [5, 5.41) is 0. The van der Waals surface area contributed by atoms with Crippen LogP contribution in [-0.2, 0) is 31.5 Å². The molecule has 0 bridgehead atoms. The number of amides is 1. The van der Waals surface area contributed by atoms with Crippen LogP contribution in [0.5, 0.6) is 5.75 Å². The molecule has 2 saturated carbocycles. The molecule has 38 heavy (non-hydrogen) atoms. The zero-order valence-electron chi connectivity index (χ0n) is 22.2. The second kappa shape index (κ2) is 10.8. The summed E-state index contributed by atoms with van der Waals surface area (Å²) in [5.41, 5.74) is 0.911. The molecule has 3 fully saturated rings. The van der Waals surface area contributed by atoms with Crippen LogP contribution in [0.15, 0.2) is 42.7 Å². The number of aromatic nitrogens is 2. The van der Waals surface area contributed by atoms with Crippen molar-refractivity contribution in [3.05, 3.63) is 54.1 Å². The van der Waals surface area contributed by atoms with E-state index in [0.717, 1.165) is 37.1 Å². The monoisotopic (exact) mass is 544 g/mol. The van der Waals surface area contributed by atoms with Crippen LogP contribution in [0.2, 0.25) is 0 Å². The number of methoxy groups -OCH3 is 2. The third kappa shape index (κ3) is 5.37. The number of hydrogen-bond donors (Lipinski definition) is 0. The van der Waals surface area contributed by atoms with E-state index >= 15 is 0 Å². The summed E-state index contributed by atoms with van der Waals surface area (Å²) in [4.78, 5) is 23.3. The maximum atomic E-state index is 13.0. The van der Waals surface area contributed by atoms with Crippen LogP contribution in [0.3, 0.4) is 0 Å². The quantitative estimate of drug-likeness (QED) is 0.474. The van der Waals surface area contributed by atoms with Gasteiger partial charge in [-0.25, -0.2) is 23.2 Å². The fourth-order valence-electron chi connectivity index (χ4n) is 6.29. The molecular formula is C27H36N4O6S. The summed E-state index contributed by atoms with van der Waals surface area (Å²) in [6.07, 6.45) is 8.74. The fraction of sp³-hybridized carbons (Fsp3) is 0.593. The van der Waals surface area contributed by atoms with Crippen LogP contribution < -0.4 is 4.74 Å². The van der Waals surface area contributed by atoms with Gasteiger partial charge in [-0.15, -0.1) is 0 Å². The molecule has 2 aromatic rings. The summed E-state index contributed by atoms with van der Waals surface area (Å²) in [5.74, 6) is 2.12. The third-order valence-corrected chi connectivity index (χ3v) is 9.67. The van der Waals surface area contributed by atoms with Gasteiger partial charge in [-0.2, -0.15) is 4.31 Å². The van der Waals surface area contributed by atoms with E-state index in [1.54, 1.807) is 24.4 Å². The third-order valence-electron chi connectivity index (χ3n) is 8.42. The molecular weight excluding hydrogens is 508 g/mol. The van der Waals surface area contributed by atoms with E-state index in [1.165, 1.54) is 17.7 Å². The molecule has 2 heterocycles. The molecule has 1 aromatic carbocycles. The SMILES string of the molecule is COC(=O)N1CC[C@H](N(Cc2ccc(OC)cc2)S(C)(=O)=O)[C@@H]1COC1CCC2(c3ncccn3)CC2C1. The highest BCUT2D eigenvalue weighted by Gasteiger charge is 2.60. The van der Waals surface area contributed by atoms with Crippen molar-refractivity contribution in [2.24, 2.45) is 5.92 Å². The minimum absolute atomic E-state index is 0.0494. The number of hydrogen-bond acceptors (Lipinski definition) is 8. The lowest BCUT2D eigenvalue weighted by molar-refractivity contribution is -0.0126. The molecule has 1 amide bonds. The second-order valence-electron chi connectivity index (χ2n) is 10.6. The van der Waals surface area contributed by atoms with Crippen molar-refractivity contribution in [3.8, 4) is 5.75 Å². The van der Waals surface area contributed by atoms with E-state index < -0.39 is 28.2 Å². The van der Waals surface area contributed by atoms with E-state index in [1.807, 2.05) is 30.3 Å². The van der Waals surface area contributed by atoms with Crippen LogP contribution in [0.1, 0.15) is 43.5 Å². The Morgan fingerprint density at radius 3 is 2.53 bits per heavy atom. The van der Waals surface area contributed by atoms with Crippen molar-refractivity contribution < 1.29 is 27.4 Å². The molecule has 1 saturated heterocycles. The van der Waals surface area contributed by atoms with Crippen molar-refractivity contribution in [1.82, 2.24) is 19.2 Å². The van der Waals surface area contributed by atoms with Gasteiger partial charge < -0.3 is 19.1 Å². The molecule has 0 radical (unpaired) electrons. The first-order valence-corrected chi connectivity index (χ1v) is 14.9. The van der Waals surface area contributed by atoms with Gasteiger partial charge in [0.2, 0.25) is 10.0 Å². The first-order chi connectivity index (χ1) is 18.2. The van der Waals surface area contributed by atoms with Crippen LogP contribution in [0.4, 0.5) is 4.79 Å². The minimum Gasteiger partial charge on any atom is -0.497 e. The maximum absolute atomic E-state index is 13.0. The highest BCUT2D eigenvalue weighted by atomic mass is 32.2. The molecule has 3 aliphatic rings. The van der Waals surface area contributed by atoms with Crippen molar-refractivity contribution >= 4 is 16.1 Å². The van der Waals surface area contributed by atoms with Crippen LogP contribution in [0.25, 0.3) is 0 Å². The first kappa shape index (κ1) is 26.8. The normalized spacial score (nSPS) is 28.7. The standard InChI is InChI=1S/C27H36N4O6S/c1-35-21-7-5-19(6-8-21)17-31(38(3,33)34)23-10-14-30(26(32)36-2)24(23)18-37-22-9-11-27(16-20(27)15-22)25-28-12-4-13-29-25/h4-8,12-13,20,22-24H,9-11,14-18H2,1-3H3/t20?,22?,23-,24-,27?/m0/s1. The highest BCUT2D eigenvalue weighted by molar-refractivity contribution is 7.88. The van der Waals surface area contributed by atoms with Gasteiger partial charge in [-0.3, -0.25) is 0 Å². The van der Waals surface area contributed by atoms with Crippen LogP contribution in [-0.4, -0.2) is 85.5 Å². The van der Waals surface area contributed by atoms with E-state index in [4.69, 9.17) is 14.2 Å². The maximum Gasteiger partial charge on any atom is 0.409 e. The molecule has 1 aromatic heterocycles. The molecule has 3 unspecified atom stereocenters. The van der Waals surface area contributed by atoms with Crippen LogP contribution >= 0.6 is 0 Å². The average molecular weight is 545 g/mol. The number of carbonyl (C=O) groups is 1. The lowest BCUT2D eigenvalue weighted by Crippen LogP contribution is -2.51. The van der Waals surface area contributed by atoms with Gasteiger partial charge in [0.15, 0.2) is 0 Å². The lowest BCUT2D eigenvalue weighted by atomic mass is 9.86. The van der Waals surface area contributed by atoms with E-state index in [2.05, 4.69) is 9.97 Å². The lowest BCUT2D eigenvalue weighted by Gasteiger charge is -2.35. The first-order valence-electron chi connectivity index (χ1n) is 13.1. The number of carbonyl (C=O) groups excluding carboxylic acids is 1. The molecule has 5 rings (SSSR count). The van der Waals surface area contributed by atoms with Gasteiger partial charge in [-0.1, -0.05) is 12.1 Å². The Hall–Kier alpha value is -2.76. The number of sulfonamides is 1. The van der Waals surface area contributed by atoms with Gasteiger partial charge in [0, 0.05) is 36.9 Å². The number of likely N-dealkylation sites (tertiary alicyclic amines) is 1. The largest absolute Gasteiger partial charge is 0.497 e. The van der Waals surface area contributed by atoms with Gasteiger partial charge in [0.1, 0.15) is 11.6 Å². The molecule has 5 atom stereocenters. The van der Waals surface area contributed by atoms with Gasteiger partial charge in [-0.05, 0) is 61.8 Å². The fourth-order valence-corrected chi connectivity index (χ4v) is 7.41. The summed E-state index contributed by atoms with van der Waals surface area (Å²) in [6, 6.07) is 8.31. The predicted octanol–water partition coefficient (Wildman–Crippen LogP) is 2.98. The number of fused-ring (bicyclic) bond motifs is 1. The summed E-state index contributed by atoms with van der Waals surface area (Å²) < 4.78 is 44.1. The number of ether oxygens (including phenoxy) is 3. The summed E-state index contributed by atoms with van der Waals surface area (Å²) in [7, 11) is -0.645. The van der Waals surface area contributed by atoms with E-state index in [-0.39, 0.29) is 24.7 Å². The molecule has 2 aliphatic carbocycles. The zero-order chi connectivity index (χ0) is 26.9. The Morgan fingerprint density at radius 1 is 1.16 bits per heavy atom. The zero-order valence-corrected chi connectivity index (χ0v) is 23.0. The number of nitrogens with zero attached hydrogens (tertiary/aromatic N) is 4. The Kier molecular flexibility index (Phi) is 7.61. The van der Waals surface area contributed by atoms with Crippen LogP contribution in [0, 0.1) is 5.92 Å². The molecule has 206 valence electrons. The summed E-state index contributed by atoms with van der Waals surface area (Å²) in [6.45, 7) is 0.854. The number of benzene rings is 1. The Balaban J connectivity index is 1.29. The minimum atomic E-state index is -3.58. The van der Waals surface area contributed by atoms with Gasteiger partial charge in [0.05, 0.1) is 39.2 Å². The van der Waals surface area contributed by atoms with Crippen molar-refractivity contribution in [3.63, 3.8) is 0 Å². The second-order valence-corrected chi connectivity index (χ2v) is 12.5. The van der Waals surface area contributed by atoms with Crippen molar-refractivity contribution in [2.75, 3.05) is 33.6 Å². The van der Waals surface area contributed by atoms with E-state index in [0.29, 0.717) is 24.6 Å². The highest BCUT2D eigenvalue weighted by Crippen LogP contribution is 2.61. The van der Waals surface area contributed by atoms with Gasteiger partial charge >= 0.3 is 6.09 Å². The Morgan fingerprint density at radius 2 is 1.89 bits per heavy atom. The molecule has 11 heteroatoms. The Labute approximate surface area is 224 Å². The van der Waals surface area contributed by atoms with Crippen molar-refractivity contribution in [1.29, 1.82) is 0 Å². The van der Waals surface area contributed by atoms with E-state index in [9.17, 15) is 13.2 Å². The number of rotatable bonds is 9. The van der Waals surface area contributed by atoms with Gasteiger partial charge in [0.25, 0.3) is 0 Å². The molecule has 1 aliphatic heterocycles. The predicted molar refractivity (Wildman–Crippen MR) is 140 cm³/mol. The average Bonchev–Trinajstić information content (AvgIpc) is 3.53. The molecule has 0 N–H and O–H groups in total.